The minimum Gasteiger partial charge on any atom is -0.345 e. The van der Waals surface area contributed by atoms with Crippen LogP contribution in [0.2, 0.25) is 5.02 Å². The molecule has 2 heterocycles. The lowest BCUT2D eigenvalue weighted by Crippen LogP contribution is -2.43. The summed E-state index contributed by atoms with van der Waals surface area (Å²) in [5.41, 5.74) is 3.30. The lowest BCUT2D eigenvalue weighted by molar-refractivity contribution is 0.588. The van der Waals surface area contributed by atoms with Gasteiger partial charge in [0.15, 0.2) is 5.13 Å². The van der Waals surface area contributed by atoms with Crippen molar-refractivity contribution in [2.75, 3.05) is 31.1 Å². The Kier molecular flexibility index (Phi) is 6.09. The smallest absolute Gasteiger partial charge is 0.187 e. The van der Waals surface area contributed by atoms with Crippen molar-refractivity contribution in [2.24, 2.45) is 0 Å². The molecule has 4 rings (SSSR count). The molecule has 7 heteroatoms. The van der Waals surface area contributed by atoms with Crippen molar-refractivity contribution in [2.45, 2.75) is 16.0 Å². The van der Waals surface area contributed by atoms with Gasteiger partial charge in [0, 0.05) is 46.1 Å². The third-order valence-corrected chi connectivity index (χ3v) is 7.90. The van der Waals surface area contributed by atoms with Crippen LogP contribution < -0.4 is 10.2 Å². The highest BCUT2D eigenvalue weighted by Gasteiger charge is 2.20. The normalized spacial score (nSPS) is 14.6. The van der Waals surface area contributed by atoms with Gasteiger partial charge in [-0.2, -0.15) is 0 Å². The first-order valence-corrected chi connectivity index (χ1v) is 11.6. The van der Waals surface area contributed by atoms with Crippen LogP contribution in [0, 0.1) is 6.92 Å². The summed E-state index contributed by atoms with van der Waals surface area (Å²) in [7, 11) is 0. The molecule has 0 atom stereocenters. The van der Waals surface area contributed by atoms with Gasteiger partial charge in [-0.15, -0.1) is 0 Å². The summed E-state index contributed by atoms with van der Waals surface area (Å²) in [6.07, 6.45) is 0. The van der Waals surface area contributed by atoms with Gasteiger partial charge in [0.25, 0.3) is 0 Å². The monoisotopic (exact) mass is 479 g/mol. The number of piperazine rings is 1. The molecule has 0 radical (unpaired) electrons. The summed E-state index contributed by atoms with van der Waals surface area (Å²) in [4.78, 5) is 8.58. The molecule has 2 aromatic carbocycles. The lowest BCUT2D eigenvalue weighted by Gasteiger charge is -2.26. The summed E-state index contributed by atoms with van der Waals surface area (Å²) in [5.74, 6) is 0. The van der Waals surface area contributed by atoms with Crippen molar-refractivity contribution in [3.63, 3.8) is 0 Å². The highest BCUT2D eigenvalue weighted by molar-refractivity contribution is 9.10. The van der Waals surface area contributed by atoms with E-state index in [1.54, 1.807) is 23.1 Å². The first kappa shape index (κ1) is 19.3. The van der Waals surface area contributed by atoms with E-state index in [1.807, 2.05) is 12.1 Å². The predicted molar refractivity (Wildman–Crippen MR) is 121 cm³/mol. The Bertz CT molecular complexity index is 937. The second-order valence-corrected chi connectivity index (χ2v) is 9.95. The Labute approximate surface area is 181 Å². The van der Waals surface area contributed by atoms with Crippen molar-refractivity contribution in [3.8, 4) is 11.3 Å². The predicted octanol–water partition coefficient (Wildman–Crippen LogP) is 6.10. The summed E-state index contributed by atoms with van der Waals surface area (Å²) in [6.45, 7) is 6.07. The van der Waals surface area contributed by atoms with Gasteiger partial charge < -0.3 is 10.2 Å². The van der Waals surface area contributed by atoms with E-state index in [-0.39, 0.29) is 0 Å². The van der Waals surface area contributed by atoms with Crippen LogP contribution in [-0.2, 0) is 0 Å². The quantitative estimate of drug-likeness (QED) is 0.489. The SMILES string of the molecule is Cc1c(Cl)cccc1Sc1sc(N2CCNCC2)nc1-c1ccc(Br)cc1. The second kappa shape index (κ2) is 8.53. The van der Waals surface area contributed by atoms with Gasteiger partial charge in [-0.3, -0.25) is 0 Å². The molecule has 1 saturated heterocycles. The van der Waals surface area contributed by atoms with Crippen LogP contribution in [0.25, 0.3) is 11.3 Å². The van der Waals surface area contributed by atoms with E-state index in [1.165, 1.54) is 9.10 Å². The maximum absolute atomic E-state index is 6.34. The van der Waals surface area contributed by atoms with Crippen molar-refractivity contribution >= 4 is 55.8 Å². The van der Waals surface area contributed by atoms with Crippen LogP contribution in [0.1, 0.15) is 5.56 Å². The topological polar surface area (TPSA) is 28.2 Å². The number of benzene rings is 2. The minimum absolute atomic E-state index is 0.803. The molecule has 3 nitrogen and oxygen atoms in total. The van der Waals surface area contributed by atoms with Crippen molar-refractivity contribution in [3.05, 3.63) is 57.5 Å². The van der Waals surface area contributed by atoms with Crippen molar-refractivity contribution in [1.82, 2.24) is 10.3 Å². The molecule has 0 aliphatic carbocycles. The molecule has 1 aliphatic heterocycles. The Morgan fingerprint density at radius 3 is 2.63 bits per heavy atom. The summed E-state index contributed by atoms with van der Waals surface area (Å²) >= 11 is 13.4. The molecule has 0 spiro atoms. The molecule has 1 aromatic heterocycles. The molecular formula is C20H19BrClN3S2. The molecule has 0 saturated carbocycles. The fourth-order valence-corrected chi connectivity index (χ4v) is 5.84. The highest BCUT2D eigenvalue weighted by Crippen LogP contribution is 2.44. The summed E-state index contributed by atoms with van der Waals surface area (Å²) < 4.78 is 2.28. The van der Waals surface area contributed by atoms with Crippen molar-refractivity contribution < 1.29 is 0 Å². The molecule has 1 aliphatic rings. The van der Waals surface area contributed by atoms with Gasteiger partial charge in [0.05, 0.1) is 9.90 Å². The molecule has 0 unspecified atom stereocenters. The number of hydrogen-bond donors (Lipinski definition) is 1. The van der Waals surface area contributed by atoms with Gasteiger partial charge in [-0.25, -0.2) is 4.98 Å². The highest BCUT2D eigenvalue weighted by atomic mass is 79.9. The Morgan fingerprint density at radius 2 is 1.89 bits per heavy atom. The number of rotatable bonds is 4. The van der Waals surface area contributed by atoms with Gasteiger partial charge in [0.1, 0.15) is 0 Å². The standard InChI is InChI=1S/C20H19BrClN3S2/c1-13-16(22)3-2-4-17(13)26-19-18(14-5-7-15(21)8-6-14)24-20(27-19)25-11-9-23-10-12-25/h2-8,23H,9-12H2,1H3. The Hall–Kier alpha value is -1.05. The first-order valence-electron chi connectivity index (χ1n) is 8.77. The van der Waals surface area contributed by atoms with E-state index in [0.717, 1.165) is 57.6 Å². The number of nitrogens with zero attached hydrogens (tertiary/aromatic N) is 2. The molecule has 140 valence electrons. The van der Waals surface area contributed by atoms with Crippen molar-refractivity contribution in [1.29, 1.82) is 0 Å². The fourth-order valence-electron chi connectivity index (χ4n) is 2.94. The van der Waals surface area contributed by atoms with Crippen LogP contribution >= 0.6 is 50.6 Å². The molecule has 1 fully saturated rings. The maximum atomic E-state index is 6.34. The van der Waals surface area contributed by atoms with Crippen LogP contribution in [0.5, 0.6) is 0 Å². The molecular weight excluding hydrogens is 462 g/mol. The average Bonchev–Trinajstić information content (AvgIpc) is 3.11. The van der Waals surface area contributed by atoms with E-state index < -0.39 is 0 Å². The zero-order valence-corrected chi connectivity index (χ0v) is 18.8. The van der Waals surface area contributed by atoms with E-state index in [9.17, 15) is 0 Å². The van der Waals surface area contributed by atoms with Gasteiger partial charge in [-0.05, 0) is 36.8 Å². The largest absolute Gasteiger partial charge is 0.345 e. The number of aromatic nitrogens is 1. The third-order valence-electron chi connectivity index (χ3n) is 4.51. The number of hydrogen-bond acceptors (Lipinski definition) is 5. The average molecular weight is 481 g/mol. The number of anilines is 1. The summed E-state index contributed by atoms with van der Waals surface area (Å²) in [5, 5.41) is 5.30. The fraction of sp³-hybridized carbons (Fsp3) is 0.250. The molecule has 27 heavy (non-hydrogen) atoms. The number of halogens is 2. The zero-order chi connectivity index (χ0) is 18.8. The molecule has 0 bridgehead atoms. The number of thiazole rings is 1. The second-order valence-electron chi connectivity index (χ2n) is 6.34. The first-order chi connectivity index (χ1) is 13.1. The van der Waals surface area contributed by atoms with Crippen LogP contribution in [-0.4, -0.2) is 31.2 Å². The maximum Gasteiger partial charge on any atom is 0.187 e. The summed E-state index contributed by atoms with van der Waals surface area (Å²) in [6, 6.07) is 14.5. The van der Waals surface area contributed by atoms with E-state index in [4.69, 9.17) is 16.6 Å². The van der Waals surface area contributed by atoms with E-state index in [0.29, 0.717) is 0 Å². The Morgan fingerprint density at radius 1 is 1.15 bits per heavy atom. The van der Waals surface area contributed by atoms with Gasteiger partial charge in [-0.1, -0.05) is 68.8 Å². The third kappa shape index (κ3) is 4.35. The number of nitrogens with one attached hydrogen (secondary N) is 1. The van der Waals surface area contributed by atoms with E-state index in [2.05, 4.69) is 63.4 Å². The minimum atomic E-state index is 0.803. The van der Waals surface area contributed by atoms with Crippen LogP contribution in [0.4, 0.5) is 5.13 Å². The van der Waals surface area contributed by atoms with E-state index >= 15 is 0 Å². The zero-order valence-electron chi connectivity index (χ0n) is 14.8. The molecule has 1 N–H and O–H groups in total. The molecule has 0 amide bonds. The van der Waals surface area contributed by atoms with Gasteiger partial charge >= 0.3 is 0 Å². The van der Waals surface area contributed by atoms with Crippen LogP contribution in [0.3, 0.4) is 0 Å². The molecule has 3 aromatic rings. The van der Waals surface area contributed by atoms with Gasteiger partial charge in [0.2, 0.25) is 0 Å². The van der Waals surface area contributed by atoms with Crippen LogP contribution in [0.15, 0.2) is 56.0 Å². The Balaban J connectivity index is 1.74. The lowest BCUT2D eigenvalue weighted by atomic mass is 10.2.